The van der Waals surface area contributed by atoms with Crippen molar-refractivity contribution in [2.75, 3.05) is 5.73 Å². The van der Waals surface area contributed by atoms with Crippen molar-refractivity contribution >= 4 is 17.4 Å². The van der Waals surface area contributed by atoms with Crippen molar-refractivity contribution in [3.63, 3.8) is 0 Å². The van der Waals surface area contributed by atoms with Gasteiger partial charge in [-0.25, -0.2) is 4.68 Å². The van der Waals surface area contributed by atoms with Crippen LogP contribution in [-0.4, -0.2) is 31.8 Å². The third-order valence-electron chi connectivity index (χ3n) is 3.81. The first kappa shape index (κ1) is 16.4. The van der Waals surface area contributed by atoms with Crippen LogP contribution in [0.25, 0.3) is 5.69 Å². The first-order valence-corrected chi connectivity index (χ1v) is 7.72. The van der Waals surface area contributed by atoms with Gasteiger partial charge in [-0.15, -0.1) is 5.10 Å². The maximum Gasteiger partial charge on any atom is 0.303 e. The maximum atomic E-state index is 10.6. The van der Waals surface area contributed by atoms with E-state index in [-0.39, 0.29) is 12.1 Å². The van der Waals surface area contributed by atoms with Gasteiger partial charge in [0, 0.05) is 17.7 Å². The predicted octanol–water partition coefficient (Wildman–Crippen LogP) is 2.28. The lowest BCUT2D eigenvalue weighted by Gasteiger charge is -2.04. The van der Waals surface area contributed by atoms with Crippen LogP contribution in [0, 0.1) is 5.41 Å². The summed E-state index contributed by atoms with van der Waals surface area (Å²) in [6, 6.07) is 14.6. The Bertz CT molecular complexity index is 915. The molecule has 2 aromatic carbocycles. The highest BCUT2D eigenvalue weighted by Gasteiger charge is 2.12. The van der Waals surface area contributed by atoms with Gasteiger partial charge in [-0.1, -0.05) is 35.5 Å². The highest BCUT2D eigenvalue weighted by atomic mass is 16.4. The second kappa shape index (κ2) is 6.96. The summed E-state index contributed by atoms with van der Waals surface area (Å²) in [6.07, 6.45) is 2.25. The fourth-order valence-electron chi connectivity index (χ4n) is 2.43. The lowest BCUT2D eigenvalue weighted by atomic mass is 10.1. The molecule has 0 fully saturated rings. The number of carboxylic acids is 1. The number of benzene rings is 2. The third kappa shape index (κ3) is 3.72. The minimum Gasteiger partial charge on any atom is -0.481 e. The van der Waals surface area contributed by atoms with Crippen molar-refractivity contribution in [1.82, 2.24) is 15.0 Å². The van der Waals surface area contributed by atoms with E-state index in [9.17, 15) is 4.79 Å². The van der Waals surface area contributed by atoms with Gasteiger partial charge >= 0.3 is 5.97 Å². The van der Waals surface area contributed by atoms with E-state index in [1.807, 2.05) is 36.4 Å². The maximum absolute atomic E-state index is 10.6. The molecule has 0 unspecified atom stereocenters. The molecule has 4 N–H and O–H groups in total. The number of hydrogen-bond acceptors (Lipinski definition) is 5. The molecular formula is C18H17N5O2. The molecule has 7 heteroatoms. The van der Waals surface area contributed by atoms with Crippen molar-refractivity contribution in [2.24, 2.45) is 0 Å². The Morgan fingerprint density at radius 1 is 1.16 bits per heavy atom. The first-order valence-electron chi connectivity index (χ1n) is 7.72. The SMILES string of the molecule is N=C(c1cn(-c2ccc(CCC(=O)O)cc2)nn1)c1ccccc1N. The number of carboxylic acid groups (broad SMARTS) is 1. The number of carbonyl (C=O) groups is 1. The molecule has 0 saturated heterocycles. The third-order valence-corrected chi connectivity index (χ3v) is 3.81. The Balaban J connectivity index is 1.78. The van der Waals surface area contributed by atoms with Gasteiger partial charge in [-0.2, -0.15) is 0 Å². The molecule has 0 atom stereocenters. The second-order valence-electron chi connectivity index (χ2n) is 5.57. The van der Waals surface area contributed by atoms with E-state index in [1.54, 1.807) is 23.0 Å². The average molecular weight is 335 g/mol. The summed E-state index contributed by atoms with van der Waals surface area (Å²) in [5, 5.41) is 25.1. The minimum atomic E-state index is -0.816. The number of anilines is 1. The highest BCUT2D eigenvalue weighted by Crippen LogP contribution is 2.16. The summed E-state index contributed by atoms with van der Waals surface area (Å²) in [4.78, 5) is 10.6. The molecule has 126 valence electrons. The van der Waals surface area contributed by atoms with Crippen molar-refractivity contribution in [2.45, 2.75) is 12.8 Å². The number of nitrogen functional groups attached to an aromatic ring is 1. The van der Waals surface area contributed by atoms with Crippen molar-refractivity contribution in [3.05, 3.63) is 71.5 Å². The molecule has 0 aliphatic rings. The molecule has 0 aliphatic carbocycles. The lowest BCUT2D eigenvalue weighted by Crippen LogP contribution is -2.05. The number of nitrogens with zero attached hydrogens (tertiary/aromatic N) is 3. The molecular weight excluding hydrogens is 318 g/mol. The predicted molar refractivity (Wildman–Crippen MR) is 94.1 cm³/mol. The largest absolute Gasteiger partial charge is 0.481 e. The number of nitrogens with one attached hydrogen (secondary N) is 1. The zero-order valence-electron chi connectivity index (χ0n) is 13.4. The fraction of sp³-hybridized carbons (Fsp3) is 0.111. The first-order chi connectivity index (χ1) is 12.0. The topological polar surface area (TPSA) is 118 Å². The van der Waals surface area contributed by atoms with Gasteiger partial charge in [0.1, 0.15) is 5.69 Å². The molecule has 0 saturated carbocycles. The van der Waals surface area contributed by atoms with Crippen LogP contribution in [0.3, 0.4) is 0 Å². The summed E-state index contributed by atoms with van der Waals surface area (Å²) >= 11 is 0. The van der Waals surface area contributed by atoms with Crippen LogP contribution in [0.4, 0.5) is 5.69 Å². The Morgan fingerprint density at radius 2 is 1.88 bits per heavy atom. The van der Waals surface area contributed by atoms with Crippen LogP contribution in [0.1, 0.15) is 23.2 Å². The number of aryl methyl sites for hydroxylation is 1. The van der Waals surface area contributed by atoms with Gasteiger partial charge in [-0.05, 0) is 30.2 Å². The van der Waals surface area contributed by atoms with Crippen LogP contribution in [0.2, 0.25) is 0 Å². The number of aromatic nitrogens is 3. The summed E-state index contributed by atoms with van der Waals surface area (Å²) in [6.45, 7) is 0. The Hall–Kier alpha value is -3.48. The normalized spacial score (nSPS) is 10.6. The van der Waals surface area contributed by atoms with E-state index < -0.39 is 5.97 Å². The van der Waals surface area contributed by atoms with E-state index >= 15 is 0 Å². The molecule has 1 heterocycles. The van der Waals surface area contributed by atoms with Gasteiger partial charge in [0.25, 0.3) is 0 Å². The Kier molecular flexibility index (Phi) is 4.56. The standard InChI is InChI=1S/C18H17N5O2/c19-15-4-2-1-3-14(15)18(20)16-11-23(22-21-16)13-8-5-12(6-9-13)7-10-17(24)25/h1-6,8-9,11,20H,7,10,19H2,(H,24,25). The van der Waals surface area contributed by atoms with E-state index in [0.29, 0.717) is 23.4 Å². The van der Waals surface area contributed by atoms with Crippen LogP contribution >= 0.6 is 0 Å². The van der Waals surface area contributed by atoms with Crippen LogP contribution in [-0.2, 0) is 11.2 Å². The summed E-state index contributed by atoms with van der Waals surface area (Å²) in [5.74, 6) is -0.816. The van der Waals surface area contributed by atoms with E-state index in [0.717, 1.165) is 11.3 Å². The molecule has 7 nitrogen and oxygen atoms in total. The second-order valence-corrected chi connectivity index (χ2v) is 5.57. The van der Waals surface area contributed by atoms with E-state index in [1.165, 1.54) is 0 Å². The number of aliphatic carboxylic acids is 1. The number of nitrogens with two attached hydrogens (primary N) is 1. The summed E-state index contributed by atoms with van der Waals surface area (Å²) in [7, 11) is 0. The number of rotatable bonds is 6. The smallest absolute Gasteiger partial charge is 0.303 e. The average Bonchev–Trinajstić information content (AvgIpc) is 3.10. The van der Waals surface area contributed by atoms with Crippen LogP contribution in [0.15, 0.2) is 54.7 Å². The molecule has 0 spiro atoms. The summed E-state index contributed by atoms with van der Waals surface area (Å²) < 4.78 is 1.57. The summed E-state index contributed by atoms with van der Waals surface area (Å²) in [5.41, 5.74) is 9.39. The van der Waals surface area contributed by atoms with Crippen molar-refractivity contribution in [1.29, 1.82) is 5.41 Å². The molecule has 1 aromatic heterocycles. The van der Waals surface area contributed by atoms with Crippen molar-refractivity contribution < 1.29 is 9.90 Å². The zero-order chi connectivity index (χ0) is 17.8. The molecule has 25 heavy (non-hydrogen) atoms. The monoisotopic (exact) mass is 335 g/mol. The Morgan fingerprint density at radius 3 is 2.56 bits per heavy atom. The Labute approximate surface area is 144 Å². The van der Waals surface area contributed by atoms with Gasteiger partial charge in [0.15, 0.2) is 0 Å². The fourth-order valence-corrected chi connectivity index (χ4v) is 2.43. The van der Waals surface area contributed by atoms with Crippen LogP contribution < -0.4 is 5.73 Å². The van der Waals surface area contributed by atoms with Gasteiger partial charge in [-0.3, -0.25) is 10.2 Å². The molecule has 3 rings (SSSR count). The van der Waals surface area contributed by atoms with Gasteiger partial charge < -0.3 is 10.8 Å². The molecule has 0 amide bonds. The lowest BCUT2D eigenvalue weighted by molar-refractivity contribution is -0.136. The van der Waals surface area contributed by atoms with Crippen molar-refractivity contribution in [3.8, 4) is 5.69 Å². The van der Waals surface area contributed by atoms with E-state index in [2.05, 4.69) is 10.3 Å². The number of para-hydroxylation sites is 1. The molecule has 0 bridgehead atoms. The number of hydrogen-bond donors (Lipinski definition) is 3. The molecule has 3 aromatic rings. The minimum absolute atomic E-state index is 0.0997. The molecule has 0 aliphatic heterocycles. The zero-order valence-corrected chi connectivity index (χ0v) is 13.4. The highest BCUT2D eigenvalue weighted by molar-refractivity contribution is 6.12. The quantitative estimate of drug-likeness (QED) is 0.472. The van der Waals surface area contributed by atoms with Gasteiger partial charge in [0.05, 0.1) is 17.6 Å². The van der Waals surface area contributed by atoms with Gasteiger partial charge in [0.2, 0.25) is 0 Å². The van der Waals surface area contributed by atoms with E-state index in [4.69, 9.17) is 16.2 Å². The van der Waals surface area contributed by atoms with Crippen LogP contribution in [0.5, 0.6) is 0 Å². The molecule has 0 radical (unpaired) electrons.